The molecule has 0 N–H and O–H groups in total. The first-order chi connectivity index (χ1) is 9.90. The third-order valence-corrected chi connectivity index (χ3v) is 5.32. The average molecular weight is 430 g/mol. The second kappa shape index (κ2) is 5.77. The maximum absolute atomic E-state index is 11.9. The molecule has 2 unspecified atom stereocenters. The van der Waals surface area contributed by atoms with Crippen LogP contribution >= 0.6 is 0 Å². The summed E-state index contributed by atoms with van der Waals surface area (Å²) in [4.78, 5) is 46.5. The van der Waals surface area contributed by atoms with Crippen LogP contribution in [0.4, 0.5) is 0 Å². The van der Waals surface area contributed by atoms with Gasteiger partial charge in [-0.2, -0.15) is 0 Å². The van der Waals surface area contributed by atoms with E-state index in [2.05, 4.69) is 0 Å². The summed E-state index contributed by atoms with van der Waals surface area (Å²) < 4.78 is 11.2. The number of carbonyl (C=O) groups excluding carboxylic acids is 4. The van der Waals surface area contributed by atoms with E-state index in [1.165, 1.54) is 0 Å². The summed E-state index contributed by atoms with van der Waals surface area (Å²) >= 11 is 0.826. The van der Waals surface area contributed by atoms with Gasteiger partial charge in [0.15, 0.2) is 0 Å². The molecule has 0 amide bonds. The molecule has 1 aliphatic carbocycles. The Kier molecular flexibility index (Phi) is 4.30. The fourth-order valence-electron chi connectivity index (χ4n) is 3.74. The molecule has 7 heteroatoms. The van der Waals surface area contributed by atoms with Crippen LogP contribution in [0.2, 0.25) is 0 Å². The fraction of sp³-hybridized carbons (Fsp3) is 0.714. The topological polar surface area (TPSA) is 86.7 Å². The minimum atomic E-state index is -0.499. The van der Waals surface area contributed by atoms with Gasteiger partial charge in [0.1, 0.15) is 0 Å². The van der Waals surface area contributed by atoms with Crippen molar-refractivity contribution in [3.63, 3.8) is 0 Å². The van der Waals surface area contributed by atoms with Crippen molar-refractivity contribution in [2.45, 2.75) is 44.5 Å². The van der Waals surface area contributed by atoms with Gasteiger partial charge in [-0.25, -0.2) is 0 Å². The van der Waals surface area contributed by atoms with Crippen LogP contribution in [0, 0.1) is 56.1 Å². The molecule has 21 heavy (non-hydrogen) atoms. The summed E-state index contributed by atoms with van der Waals surface area (Å²) in [5.74, 6) is -1.49. The van der Waals surface area contributed by atoms with Crippen LogP contribution in [0.15, 0.2) is 0 Å². The molecule has 113 valence electrons. The van der Waals surface area contributed by atoms with E-state index >= 15 is 0 Å². The first kappa shape index (κ1) is 15.7. The molecule has 2 saturated heterocycles. The van der Waals surface area contributed by atoms with Crippen molar-refractivity contribution in [3.05, 3.63) is 0 Å². The zero-order valence-electron chi connectivity index (χ0n) is 11.4. The van der Waals surface area contributed by atoms with Crippen molar-refractivity contribution >= 4 is 19.0 Å². The van der Waals surface area contributed by atoms with Gasteiger partial charge in [-0.05, 0) is 0 Å². The molecule has 0 aromatic heterocycles. The Bertz CT molecular complexity index is 530. The maximum atomic E-state index is 11.9. The van der Waals surface area contributed by atoms with Crippen molar-refractivity contribution < 1.29 is 67.0 Å². The fourth-order valence-corrected chi connectivity index (χ4v) is 4.07. The predicted octanol–water partition coefficient (Wildman–Crippen LogP) is -0.0543. The van der Waals surface area contributed by atoms with E-state index in [4.69, 9.17) is 9.47 Å². The molecule has 0 aromatic rings. The van der Waals surface area contributed by atoms with Crippen LogP contribution in [-0.2, 0) is 28.7 Å². The van der Waals surface area contributed by atoms with Crippen molar-refractivity contribution in [1.82, 2.24) is 0 Å². The summed E-state index contributed by atoms with van der Waals surface area (Å²) in [6.45, 7) is 1.88. The number of Topliss-reactive ketones (excluding diaryl/α,β-unsaturated/α-hetero) is 2. The van der Waals surface area contributed by atoms with Crippen LogP contribution in [0.3, 0.4) is 0 Å². The van der Waals surface area contributed by atoms with E-state index < -0.39 is 24.1 Å². The molecule has 3 aliphatic rings. The summed E-state index contributed by atoms with van der Waals surface area (Å²) in [5, 5.41) is 0. The monoisotopic (exact) mass is 431 g/mol. The van der Waals surface area contributed by atoms with Gasteiger partial charge < -0.3 is 0 Å². The van der Waals surface area contributed by atoms with Gasteiger partial charge >= 0.3 is 148 Å². The molecular formula is C14H15O6Sm. The van der Waals surface area contributed by atoms with Crippen LogP contribution in [0.25, 0.3) is 0 Å². The van der Waals surface area contributed by atoms with Gasteiger partial charge in [0.05, 0.1) is 0 Å². The van der Waals surface area contributed by atoms with Gasteiger partial charge in [-0.15, -0.1) is 0 Å². The molecule has 2 aliphatic heterocycles. The Balaban J connectivity index is 1.69. The number of hydrogen-bond donors (Lipinski definition) is 0. The van der Waals surface area contributed by atoms with E-state index in [9.17, 15) is 19.2 Å². The second-order valence-electron chi connectivity index (χ2n) is 5.91. The summed E-state index contributed by atoms with van der Waals surface area (Å²) in [7, 11) is 0. The number of fused-ring (bicyclic) bond motifs is 5. The summed E-state index contributed by atoms with van der Waals surface area (Å²) in [6.07, 6.45) is -1.09. The number of rotatable bonds is 4. The third-order valence-electron chi connectivity index (χ3n) is 4.66. The summed E-state index contributed by atoms with van der Waals surface area (Å²) in [5.41, 5.74) is 0. The van der Waals surface area contributed by atoms with Crippen LogP contribution in [-0.4, -0.2) is 37.3 Å². The average Bonchev–Trinajstić information content (AvgIpc) is 3.02. The standard InChI is InChI=1S/C14H15O6.Sm/c1-6-12-10-7(16)5-8(17)11(10)14(20-12)13(6)19-9(18)3-2-4-15;/h6,10-14H,2-3,5H2,1H3;/t6-,10-,11+,12?,13-,14?;/m1./s1. The molecule has 3 fully saturated rings. The molecule has 0 radical (unpaired) electrons. The number of ether oxygens (including phenoxy) is 2. The zero-order chi connectivity index (χ0) is 15.3. The Hall–Kier alpha value is -0.222. The summed E-state index contributed by atoms with van der Waals surface area (Å²) in [6, 6.07) is 0. The van der Waals surface area contributed by atoms with Crippen molar-refractivity contribution in [1.29, 1.82) is 0 Å². The van der Waals surface area contributed by atoms with Crippen LogP contribution < -0.4 is 0 Å². The van der Waals surface area contributed by atoms with E-state index in [0.717, 1.165) is 38.3 Å². The van der Waals surface area contributed by atoms with E-state index in [1.807, 2.05) is 6.92 Å². The van der Waals surface area contributed by atoms with Gasteiger partial charge in [-0.1, -0.05) is 0 Å². The zero-order valence-corrected chi connectivity index (χ0v) is 14.1. The Morgan fingerprint density at radius 1 is 1.19 bits per heavy atom. The quantitative estimate of drug-likeness (QED) is 0.460. The van der Waals surface area contributed by atoms with Crippen molar-refractivity contribution in [2.75, 3.05) is 0 Å². The number of esters is 1. The van der Waals surface area contributed by atoms with Gasteiger partial charge in [-0.3, -0.25) is 0 Å². The molecule has 6 nitrogen and oxygen atoms in total. The van der Waals surface area contributed by atoms with E-state index in [-0.39, 0.29) is 50.3 Å². The molecule has 2 heterocycles. The molecule has 3 rings (SSSR count). The van der Waals surface area contributed by atoms with E-state index in [0.29, 0.717) is 0 Å². The Morgan fingerprint density at radius 3 is 2.43 bits per heavy atom. The molecule has 0 aromatic carbocycles. The number of hydrogen-bond acceptors (Lipinski definition) is 6. The van der Waals surface area contributed by atoms with E-state index in [1.54, 1.807) is 0 Å². The third kappa shape index (κ3) is 2.63. The predicted molar refractivity (Wildman–Crippen MR) is 63.6 cm³/mol. The van der Waals surface area contributed by atoms with Gasteiger partial charge in [0, 0.05) is 0 Å². The first-order valence-electron chi connectivity index (χ1n) is 7.00. The van der Waals surface area contributed by atoms with Crippen molar-refractivity contribution in [2.24, 2.45) is 17.8 Å². The van der Waals surface area contributed by atoms with Gasteiger partial charge in [0.25, 0.3) is 0 Å². The van der Waals surface area contributed by atoms with Crippen LogP contribution in [0.1, 0.15) is 26.2 Å². The van der Waals surface area contributed by atoms with Crippen molar-refractivity contribution in [3.8, 4) is 0 Å². The molecule has 0 spiro atoms. The minimum absolute atomic E-state index is 0.0147. The molecule has 2 bridgehead atoms. The second-order valence-corrected chi connectivity index (χ2v) is 7.37. The molecular weight excluding hydrogens is 415 g/mol. The molecule has 1 saturated carbocycles. The molecule has 6 atom stereocenters. The number of carbonyl (C=O) groups is 4. The SMILES string of the molecule is C[C@@H]1C2OC([C@H]3C(=O)CC(=O)[C@@H]23)[C@@H]1OC(=O)CC[C](=O)[Sm]. The number of ketones is 2. The first-order valence-corrected chi connectivity index (χ1v) is 8.31. The Morgan fingerprint density at radius 2 is 1.81 bits per heavy atom. The van der Waals surface area contributed by atoms with Crippen LogP contribution in [0.5, 0.6) is 0 Å². The normalized spacial score (nSPS) is 40.4. The Labute approximate surface area is 147 Å². The van der Waals surface area contributed by atoms with Gasteiger partial charge in [0.2, 0.25) is 0 Å².